The Balaban J connectivity index is 0.000000128. The Labute approximate surface area is 419 Å². The van der Waals surface area contributed by atoms with Gasteiger partial charge in [0.2, 0.25) is 0 Å². The molecule has 7 heterocycles. The third kappa shape index (κ3) is 11.9. The number of alkyl halides is 2. The third-order valence-corrected chi connectivity index (χ3v) is 14.0. The second-order valence-corrected chi connectivity index (χ2v) is 18.9. The number of rotatable bonds is 10. The van der Waals surface area contributed by atoms with Crippen LogP contribution in [0.2, 0.25) is 0 Å². The number of para-hydroxylation sites is 10. The number of H-pyrrole nitrogens is 3. The zero-order valence-electron chi connectivity index (χ0n) is 40.6. The quantitative estimate of drug-likeness (QED) is 0.0986. The summed E-state index contributed by atoms with van der Waals surface area (Å²) in [6.07, 6.45) is 5.06. The molecule has 70 heavy (non-hydrogen) atoms. The summed E-state index contributed by atoms with van der Waals surface area (Å²) >= 11 is 11.6. The molecule has 2 aliphatic rings. The summed E-state index contributed by atoms with van der Waals surface area (Å²) < 4.78 is 4.43. The summed E-state index contributed by atoms with van der Waals surface area (Å²) in [5.41, 5.74) is 10.4. The normalized spacial score (nSPS) is 15.1. The Morgan fingerprint density at radius 1 is 0.514 bits per heavy atom. The van der Waals surface area contributed by atoms with Crippen LogP contribution in [0.1, 0.15) is 54.8 Å². The molecule has 14 nitrogen and oxygen atoms in total. The van der Waals surface area contributed by atoms with E-state index < -0.39 is 0 Å². The van der Waals surface area contributed by atoms with Gasteiger partial charge in [0, 0.05) is 12.1 Å². The van der Waals surface area contributed by atoms with Gasteiger partial charge >= 0.3 is 0 Å². The SMILES string of the molecule is CN1CCC(N(C)Cc2nc3ccccc3n2Cc2nc3ccccc3[nH]2)CC1.CNC1CCN(C)CC1.ClCc1nc2ccccc2[nH]1.ClCc1nc2ccccc2n1Cc1nc2ccccc2[nH]1. The zero-order valence-corrected chi connectivity index (χ0v) is 42.1. The number of fused-ring (bicyclic) bond motifs is 5. The largest absolute Gasteiger partial charge is 0.341 e. The summed E-state index contributed by atoms with van der Waals surface area (Å²) in [6, 6.07) is 41.9. The number of likely N-dealkylation sites (tertiary alicyclic amines) is 2. The molecule has 0 aliphatic carbocycles. The molecule has 0 unspecified atom stereocenters. The van der Waals surface area contributed by atoms with Crippen LogP contribution in [0.5, 0.6) is 0 Å². The minimum Gasteiger partial charge on any atom is -0.341 e. The van der Waals surface area contributed by atoms with Gasteiger partial charge in [-0.05, 0) is 141 Å². The molecular weight excluding hydrogens is 916 g/mol. The van der Waals surface area contributed by atoms with Gasteiger partial charge in [-0.2, -0.15) is 0 Å². The molecule has 0 bridgehead atoms. The van der Waals surface area contributed by atoms with Crippen LogP contribution in [0.15, 0.2) is 121 Å². The first kappa shape index (κ1) is 48.9. The molecule has 5 aromatic carbocycles. The fraction of sp³-hybridized carbons (Fsp3) is 0.352. The van der Waals surface area contributed by atoms with Gasteiger partial charge in [0.25, 0.3) is 0 Å². The van der Waals surface area contributed by atoms with Crippen molar-refractivity contribution in [2.24, 2.45) is 0 Å². The number of hydrogen-bond acceptors (Lipinski definition) is 9. The van der Waals surface area contributed by atoms with E-state index in [0.717, 1.165) is 91.4 Å². The number of imidazole rings is 5. The van der Waals surface area contributed by atoms with Crippen LogP contribution in [-0.4, -0.2) is 130 Å². The Bertz CT molecular complexity index is 3120. The van der Waals surface area contributed by atoms with E-state index in [9.17, 15) is 0 Å². The summed E-state index contributed by atoms with van der Waals surface area (Å²) in [4.78, 5) is 40.4. The van der Waals surface area contributed by atoms with Crippen LogP contribution in [0.25, 0.3) is 55.2 Å². The lowest BCUT2D eigenvalue weighted by molar-refractivity contribution is 0.136. The number of halogens is 2. The molecule has 0 atom stereocenters. The maximum Gasteiger partial charge on any atom is 0.127 e. The van der Waals surface area contributed by atoms with E-state index in [1.807, 2.05) is 78.9 Å². The van der Waals surface area contributed by atoms with Crippen LogP contribution in [-0.2, 0) is 31.4 Å². The van der Waals surface area contributed by atoms with Crippen LogP contribution in [0.4, 0.5) is 0 Å². The van der Waals surface area contributed by atoms with Gasteiger partial charge < -0.3 is 39.2 Å². The van der Waals surface area contributed by atoms with E-state index in [2.05, 4.69) is 130 Å². The average molecular weight is 980 g/mol. The molecule has 2 aliphatic heterocycles. The molecule has 0 spiro atoms. The van der Waals surface area contributed by atoms with Crippen molar-refractivity contribution < 1.29 is 0 Å². The van der Waals surface area contributed by atoms with Crippen molar-refractivity contribution in [2.75, 3.05) is 54.4 Å². The summed E-state index contributed by atoms with van der Waals surface area (Å²) in [5, 5.41) is 3.30. The average Bonchev–Trinajstić information content (AvgIpc) is 4.24. The van der Waals surface area contributed by atoms with Crippen molar-refractivity contribution in [2.45, 2.75) is 69.2 Å². The third-order valence-electron chi connectivity index (χ3n) is 13.5. The van der Waals surface area contributed by atoms with Crippen LogP contribution in [0.3, 0.4) is 0 Å². The topological polar surface area (TPSA) is 143 Å². The first-order valence-corrected chi connectivity index (χ1v) is 25.4. The minimum atomic E-state index is 0.384. The summed E-state index contributed by atoms with van der Waals surface area (Å²) in [6.45, 7) is 7.04. The Morgan fingerprint density at radius 2 is 0.914 bits per heavy atom. The highest BCUT2D eigenvalue weighted by Crippen LogP contribution is 2.23. The Kier molecular flexibility index (Phi) is 16.2. The molecule has 2 fully saturated rings. The Morgan fingerprint density at radius 3 is 1.37 bits per heavy atom. The zero-order chi connectivity index (χ0) is 48.4. The van der Waals surface area contributed by atoms with Crippen molar-refractivity contribution >= 4 is 78.4 Å². The van der Waals surface area contributed by atoms with Crippen LogP contribution < -0.4 is 5.32 Å². The van der Waals surface area contributed by atoms with Crippen LogP contribution in [0, 0.1) is 0 Å². The van der Waals surface area contributed by atoms with Gasteiger partial charge in [-0.3, -0.25) is 4.90 Å². The number of aromatic nitrogens is 10. The highest BCUT2D eigenvalue weighted by Gasteiger charge is 2.23. The molecule has 12 rings (SSSR count). The second kappa shape index (κ2) is 23.2. The molecule has 5 aromatic heterocycles. The fourth-order valence-electron chi connectivity index (χ4n) is 9.44. The standard InChI is InChI=1S/C23H28N6.C16H13ClN4.C8H7ClN2.C7H16N2/c1-27-13-11-17(12-14-27)28(2)16-23-26-20-9-5-6-10-21(20)29(23)15-22-24-18-7-3-4-8-19(18)25-22;17-9-16-20-13-7-3-4-8-14(13)21(16)10-15-18-11-5-1-2-6-12(11)19-15;9-5-8-10-6-3-1-2-4-7(6)11-8;1-8-7-3-5-9(2)6-4-7/h3-10,17H,11-16H2,1-2H3,(H,24,25);1-8H,9-10H2,(H,18,19);1-4H,5H2,(H,10,11);7-8H,3-6H2,1-2H3. The molecule has 16 heteroatoms. The molecule has 2 saturated heterocycles. The molecule has 0 amide bonds. The van der Waals surface area contributed by atoms with Gasteiger partial charge in [0.15, 0.2) is 0 Å². The van der Waals surface area contributed by atoms with Gasteiger partial charge in [-0.25, -0.2) is 24.9 Å². The Hall–Kier alpha value is -6.13. The predicted octanol–water partition coefficient (Wildman–Crippen LogP) is 9.79. The first-order chi connectivity index (χ1) is 34.2. The van der Waals surface area contributed by atoms with Gasteiger partial charge in [-0.15, -0.1) is 23.2 Å². The van der Waals surface area contributed by atoms with Crippen molar-refractivity contribution in [1.29, 1.82) is 0 Å². The number of hydrogen-bond donors (Lipinski definition) is 4. The van der Waals surface area contributed by atoms with Crippen molar-refractivity contribution in [3.8, 4) is 0 Å². The van der Waals surface area contributed by atoms with Gasteiger partial charge in [-0.1, -0.05) is 60.7 Å². The van der Waals surface area contributed by atoms with E-state index in [-0.39, 0.29) is 0 Å². The number of aromatic amines is 3. The van der Waals surface area contributed by atoms with E-state index in [1.165, 1.54) is 57.4 Å². The summed E-state index contributed by atoms with van der Waals surface area (Å²) in [5.74, 6) is 5.49. The molecule has 364 valence electrons. The monoisotopic (exact) mass is 978 g/mol. The minimum absolute atomic E-state index is 0.384. The number of nitrogens with zero attached hydrogens (tertiary/aromatic N) is 10. The number of piperidine rings is 2. The van der Waals surface area contributed by atoms with Gasteiger partial charge in [0.1, 0.15) is 29.1 Å². The van der Waals surface area contributed by atoms with Crippen molar-refractivity contribution in [3.05, 3.63) is 150 Å². The van der Waals surface area contributed by atoms with Crippen LogP contribution >= 0.6 is 23.2 Å². The predicted molar refractivity (Wildman–Crippen MR) is 287 cm³/mol. The van der Waals surface area contributed by atoms with E-state index >= 15 is 0 Å². The maximum absolute atomic E-state index is 6.03. The summed E-state index contributed by atoms with van der Waals surface area (Å²) in [7, 11) is 8.69. The first-order valence-electron chi connectivity index (χ1n) is 24.3. The fourth-order valence-corrected chi connectivity index (χ4v) is 9.77. The van der Waals surface area contributed by atoms with E-state index in [1.54, 1.807) is 0 Å². The molecular formula is C54H64Cl2N14. The maximum atomic E-state index is 6.03. The lowest BCUT2D eigenvalue weighted by Crippen LogP contribution is -2.41. The highest BCUT2D eigenvalue weighted by atomic mass is 35.5. The smallest absolute Gasteiger partial charge is 0.127 e. The highest BCUT2D eigenvalue weighted by molar-refractivity contribution is 6.17. The number of benzene rings is 5. The van der Waals surface area contributed by atoms with Crippen molar-refractivity contribution in [3.63, 3.8) is 0 Å². The van der Waals surface area contributed by atoms with Gasteiger partial charge in [0.05, 0.1) is 86.6 Å². The molecule has 0 saturated carbocycles. The number of nitrogens with one attached hydrogen (secondary N) is 4. The van der Waals surface area contributed by atoms with Crippen molar-refractivity contribution in [1.82, 2.24) is 69.0 Å². The van der Waals surface area contributed by atoms with E-state index in [0.29, 0.717) is 30.9 Å². The molecule has 4 N–H and O–H groups in total. The molecule has 0 radical (unpaired) electrons. The lowest BCUT2D eigenvalue weighted by Gasteiger charge is -2.35. The molecule has 10 aromatic rings. The second-order valence-electron chi connectivity index (χ2n) is 18.4. The lowest BCUT2D eigenvalue weighted by atomic mass is 10.0. The van der Waals surface area contributed by atoms with E-state index in [4.69, 9.17) is 33.2 Å².